The molecule has 0 amide bonds. The standard InChI is InChI=1S/C14H21ClN2O3S/c15-13-9-11(10-16)5-6-14(13)21(18,19)17-7-8-20-12-3-1-2-4-12/h5-6,9,12,17H,1-4,7-8,10,16H2. The monoisotopic (exact) mass is 332 g/mol. The van der Waals surface area contributed by atoms with Crippen LogP contribution in [0.25, 0.3) is 0 Å². The molecule has 0 atom stereocenters. The summed E-state index contributed by atoms with van der Waals surface area (Å²) in [5.41, 5.74) is 6.29. The van der Waals surface area contributed by atoms with Crippen molar-refractivity contribution in [2.24, 2.45) is 5.73 Å². The summed E-state index contributed by atoms with van der Waals surface area (Å²) in [4.78, 5) is 0.0715. The number of nitrogens with one attached hydrogen (secondary N) is 1. The second-order valence-corrected chi connectivity index (χ2v) is 7.29. The van der Waals surface area contributed by atoms with E-state index < -0.39 is 10.0 Å². The first-order chi connectivity index (χ1) is 10.0. The lowest BCUT2D eigenvalue weighted by Gasteiger charge is -2.12. The molecule has 0 aliphatic heterocycles. The van der Waals surface area contributed by atoms with Crippen molar-refractivity contribution in [1.82, 2.24) is 4.72 Å². The molecule has 0 unspecified atom stereocenters. The third kappa shape index (κ3) is 4.66. The number of rotatable bonds is 7. The van der Waals surface area contributed by atoms with Crippen molar-refractivity contribution in [3.8, 4) is 0 Å². The number of nitrogens with two attached hydrogens (primary N) is 1. The third-order valence-corrected chi connectivity index (χ3v) is 5.52. The summed E-state index contributed by atoms with van der Waals surface area (Å²) >= 11 is 6.00. The Labute approximate surface area is 130 Å². The van der Waals surface area contributed by atoms with E-state index in [0.717, 1.165) is 18.4 Å². The van der Waals surface area contributed by atoms with Crippen molar-refractivity contribution in [1.29, 1.82) is 0 Å². The minimum atomic E-state index is -3.61. The molecule has 1 saturated carbocycles. The number of hydrogen-bond donors (Lipinski definition) is 2. The molecule has 0 bridgehead atoms. The molecule has 5 nitrogen and oxygen atoms in total. The lowest BCUT2D eigenvalue weighted by Crippen LogP contribution is -2.28. The van der Waals surface area contributed by atoms with E-state index in [1.165, 1.54) is 18.9 Å². The Bertz CT molecular complexity index is 572. The Kier molecular flexibility index (Phi) is 6.01. The number of sulfonamides is 1. The summed E-state index contributed by atoms with van der Waals surface area (Å²) in [6, 6.07) is 4.71. The summed E-state index contributed by atoms with van der Waals surface area (Å²) in [7, 11) is -3.61. The highest BCUT2D eigenvalue weighted by molar-refractivity contribution is 7.89. The minimum Gasteiger partial charge on any atom is -0.377 e. The van der Waals surface area contributed by atoms with Crippen LogP contribution in [0.1, 0.15) is 31.2 Å². The minimum absolute atomic E-state index is 0.0715. The Balaban J connectivity index is 1.88. The lowest BCUT2D eigenvalue weighted by molar-refractivity contribution is 0.0626. The van der Waals surface area contributed by atoms with Gasteiger partial charge in [-0.1, -0.05) is 30.5 Å². The van der Waals surface area contributed by atoms with Crippen molar-refractivity contribution >= 4 is 21.6 Å². The molecular weight excluding hydrogens is 312 g/mol. The average Bonchev–Trinajstić information content (AvgIpc) is 2.96. The average molecular weight is 333 g/mol. The van der Waals surface area contributed by atoms with Gasteiger partial charge in [-0.2, -0.15) is 0 Å². The fourth-order valence-corrected chi connectivity index (χ4v) is 4.00. The molecule has 1 aliphatic carbocycles. The van der Waals surface area contributed by atoms with E-state index in [9.17, 15) is 8.42 Å². The van der Waals surface area contributed by atoms with Crippen LogP contribution in [-0.4, -0.2) is 27.7 Å². The molecule has 118 valence electrons. The zero-order valence-electron chi connectivity index (χ0n) is 11.8. The van der Waals surface area contributed by atoms with Gasteiger partial charge in [0.05, 0.1) is 17.7 Å². The van der Waals surface area contributed by atoms with Crippen LogP contribution in [0, 0.1) is 0 Å². The Hall–Kier alpha value is -0.660. The van der Waals surface area contributed by atoms with E-state index in [0.29, 0.717) is 13.2 Å². The highest BCUT2D eigenvalue weighted by Crippen LogP contribution is 2.23. The first-order valence-electron chi connectivity index (χ1n) is 7.12. The van der Waals surface area contributed by atoms with Crippen LogP contribution in [0.15, 0.2) is 23.1 Å². The molecule has 7 heteroatoms. The van der Waals surface area contributed by atoms with Gasteiger partial charge in [0.25, 0.3) is 0 Å². The molecule has 1 aromatic rings. The molecule has 2 rings (SSSR count). The zero-order chi connectivity index (χ0) is 15.3. The van der Waals surface area contributed by atoms with E-state index in [4.69, 9.17) is 22.1 Å². The van der Waals surface area contributed by atoms with Gasteiger partial charge >= 0.3 is 0 Å². The molecule has 21 heavy (non-hydrogen) atoms. The first-order valence-corrected chi connectivity index (χ1v) is 8.99. The van der Waals surface area contributed by atoms with E-state index >= 15 is 0 Å². The van der Waals surface area contributed by atoms with Crippen molar-refractivity contribution < 1.29 is 13.2 Å². The van der Waals surface area contributed by atoms with Crippen LogP contribution in [-0.2, 0) is 21.3 Å². The van der Waals surface area contributed by atoms with Gasteiger partial charge in [-0.3, -0.25) is 0 Å². The summed E-state index contributed by atoms with van der Waals surface area (Å²) < 4.78 is 32.5. The number of benzene rings is 1. The number of ether oxygens (including phenoxy) is 1. The summed E-state index contributed by atoms with van der Waals surface area (Å²) in [5, 5.41) is 0.183. The molecule has 0 radical (unpaired) electrons. The van der Waals surface area contributed by atoms with Gasteiger partial charge in [-0.25, -0.2) is 13.1 Å². The van der Waals surface area contributed by atoms with Gasteiger partial charge in [-0.05, 0) is 30.5 Å². The van der Waals surface area contributed by atoms with Crippen LogP contribution in [0.5, 0.6) is 0 Å². The molecule has 0 saturated heterocycles. The maximum atomic E-state index is 12.2. The lowest BCUT2D eigenvalue weighted by atomic mass is 10.2. The molecule has 0 heterocycles. The van der Waals surface area contributed by atoms with Gasteiger partial charge in [0.15, 0.2) is 0 Å². The summed E-state index contributed by atoms with van der Waals surface area (Å²) in [6.07, 6.45) is 4.80. The maximum absolute atomic E-state index is 12.2. The fourth-order valence-electron chi connectivity index (χ4n) is 2.42. The summed E-state index contributed by atoms with van der Waals surface area (Å²) in [5.74, 6) is 0. The molecule has 1 fully saturated rings. The molecule has 0 aromatic heterocycles. The SMILES string of the molecule is NCc1ccc(S(=O)(=O)NCCOC2CCCC2)c(Cl)c1. The molecule has 0 spiro atoms. The van der Waals surface area contributed by atoms with Gasteiger partial charge in [0, 0.05) is 13.1 Å². The second-order valence-electron chi connectivity index (χ2n) is 5.14. The van der Waals surface area contributed by atoms with Crippen molar-refractivity contribution in [3.05, 3.63) is 28.8 Å². The highest BCUT2D eigenvalue weighted by atomic mass is 35.5. The van der Waals surface area contributed by atoms with Crippen LogP contribution in [0.2, 0.25) is 5.02 Å². The topological polar surface area (TPSA) is 81.4 Å². The van der Waals surface area contributed by atoms with Crippen molar-refractivity contribution in [2.45, 2.75) is 43.2 Å². The van der Waals surface area contributed by atoms with Gasteiger partial charge in [0.2, 0.25) is 10.0 Å². The number of hydrogen-bond acceptors (Lipinski definition) is 4. The van der Waals surface area contributed by atoms with Gasteiger partial charge in [0.1, 0.15) is 4.90 Å². The van der Waals surface area contributed by atoms with Gasteiger partial charge in [-0.15, -0.1) is 0 Å². The predicted octanol–water partition coefficient (Wildman–Crippen LogP) is 2.04. The van der Waals surface area contributed by atoms with Gasteiger partial charge < -0.3 is 10.5 Å². The second kappa shape index (κ2) is 7.56. The predicted molar refractivity (Wildman–Crippen MR) is 82.7 cm³/mol. The quantitative estimate of drug-likeness (QED) is 0.749. The third-order valence-electron chi connectivity index (χ3n) is 3.57. The Morgan fingerprint density at radius 2 is 2.05 bits per heavy atom. The number of halogens is 1. The molecule has 1 aromatic carbocycles. The van der Waals surface area contributed by atoms with Crippen LogP contribution in [0.3, 0.4) is 0 Å². The van der Waals surface area contributed by atoms with Crippen molar-refractivity contribution in [2.75, 3.05) is 13.2 Å². The van der Waals surface area contributed by atoms with Crippen LogP contribution < -0.4 is 10.5 Å². The smallest absolute Gasteiger partial charge is 0.242 e. The largest absolute Gasteiger partial charge is 0.377 e. The normalized spacial score (nSPS) is 16.5. The van der Waals surface area contributed by atoms with Crippen LogP contribution in [0.4, 0.5) is 0 Å². The van der Waals surface area contributed by atoms with Crippen LogP contribution >= 0.6 is 11.6 Å². The van der Waals surface area contributed by atoms with E-state index in [1.54, 1.807) is 12.1 Å². The zero-order valence-corrected chi connectivity index (χ0v) is 13.4. The highest BCUT2D eigenvalue weighted by Gasteiger charge is 2.19. The van der Waals surface area contributed by atoms with E-state index in [-0.39, 0.29) is 22.6 Å². The van der Waals surface area contributed by atoms with E-state index in [1.807, 2.05) is 0 Å². The molecule has 1 aliphatic rings. The molecular formula is C14H21ClN2O3S. The van der Waals surface area contributed by atoms with E-state index in [2.05, 4.69) is 4.72 Å². The fraction of sp³-hybridized carbons (Fsp3) is 0.571. The molecule has 3 N–H and O–H groups in total. The Morgan fingerprint density at radius 3 is 2.67 bits per heavy atom. The summed E-state index contributed by atoms with van der Waals surface area (Å²) in [6.45, 7) is 0.943. The Morgan fingerprint density at radius 1 is 1.33 bits per heavy atom. The first kappa shape index (κ1) is 16.7. The maximum Gasteiger partial charge on any atom is 0.242 e. The van der Waals surface area contributed by atoms with Crippen molar-refractivity contribution in [3.63, 3.8) is 0 Å².